The first-order valence-corrected chi connectivity index (χ1v) is 7.59. The third-order valence-electron chi connectivity index (χ3n) is 3.59. The summed E-state index contributed by atoms with van der Waals surface area (Å²) in [6, 6.07) is 7.14. The Labute approximate surface area is 143 Å². The summed E-state index contributed by atoms with van der Waals surface area (Å²) >= 11 is 0. The molecule has 1 aromatic carbocycles. The molecule has 0 aliphatic carbocycles. The molecule has 0 saturated carbocycles. The first kappa shape index (κ1) is 16.9. The predicted molar refractivity (Wildman–Crippen MR) is 88.0 cm³/mol. The lowest BCUT2D eigenvalue weighted by Gasteiger charge is -2.35. The molecule has 2 aromatic rings. The van der Waals surface area contributed by atoms with Gasteiger partial charge in [-0.2, -0.15) is 0 Å². The van der Waals surface area contributed by atoms with Crippen molar-refractivity contribution < 1.29 is 23.8 Å². The second-order valence-corrected chi connectivity index (χ2v) is 5.29. The number of amides is 1. The van der Waals surface area contributed by atoms with Gasteiger partial charge < -0.3 is 20.3 Å². The maximum Gasteiger partial charge on any atom is 0.426 e. The van der Waals surface area contributed by atoms with Crippen LogP contribution >= 0.6 is 0 Å². The van der Waals surface area contributed by atoms with Gasteiger partial charge in [-0.15, -0.1) is 0 Å². The van der Waals surface area contributed by atoms with E-state index in [-0.39, 0.29) is 11.4 Å². The largest absolute Gasteiger partial charge is 0.464 e. The van der Waals surface area contributed by atoms with Crippen molar-refractivity contribution in [3.63, 3.8) is 0 Å². The molecule has 1 aliphatic heterocycles. The molecule has 0 bridgehead atoms. The molecular formula is C16H17FN4O4. The molecule has 8 nitrogen and oxygen atoms in total. The van der Waals surface area contributed by atoms with Crippen LogP contribution < -0.4 is 15.5 Å². The molecule has 2 heterocycles. The van der Waals surface area contributed by atoms with Crippen molar-refractivity contribution in [2.24, 2.45) is 0 Å². The highest BCUT2D eigenvalue weighted by Gasteiger charge is 2.27. The fraction of sp³-hybridized carbons (Fsp3) is 0.250. The topological polar surface area (TPSA) is 101 Å². The Morgan fingerprint density at radius 3 is 2.60 bits per heavy atom. The average Bonchev–Trinajstić information content (AvgIpc) is 2.60. The molecule has 0 unspecified atom stereocenters. The number of benzene rings is 1. The molecule has 3 rings (SSSR count). The van der Waals surface area contributed by atoms with Crippen molar-refractivity contribution in [3.05, 3.63) is 42.3 Å². The molecule has 1 amide bonds. The molecular weight excluding hydrogens is 331 g/mol. The first-order valence-electron chi connectivity index (χ1n) is 7.59. The Hall–Kier alpha value is -2.91. The standard InChI is InChI=1S/C16H17FN4O4/c17-13-9-11(25-12-2-4-15(18)19-10-12)1-3-14(13)21(16(22)23)20-5-7-24-8-6-20/h1-4,9-10H,5-8H2,(H2,18,19)(H,22,23). The maximum atomic E-state index is 14.5. The maximum absolute atomic E-state index is 14.5. The number of aromatic nitrogens is 1. The van der Waals surface area contributed by atoms with E-state index in [2.05, 4.69) is 4.98 Å². The van der Waals surface area contributed by atoms with Crippen LogP contribution in [-0.4, -0.2) is 47.5 Å². The zero-order valence-electron chi connectivity index (χ0n) is 13.3. The summed E-state index contributed by atoms with van der Waals surface area (Å²) in [6.45, 7) is 1.50. The fourth-order valence-corrected chi connectivity index (χ4v) is 2.44. The number of ether oxygens (including phenoxy) is 2. The van der Waals surface area contributed by atoms with E-state index in [0.717, 1.165) is 11.1 Å². The number of carboxylic acid groups (broad SMARTS) is 1. The smallest absolute Gasteiger partial charge is 0.426 e. The summed E-state index contributed by atoms with van der Waals surface area (Å²) in [5.41, 5.74) is 5.42. The van der Waals surface area contributed by atoms with Gasteiger partial charge in [-0.3, -0.25) is 0 Å². The number of hydrogen-bond donors (Lipinski definition) is 2. The summed E-state index contributed by atoms with van der Waals surface area (Å²) in [6.07, 6.45) is 0.149. The van der Waals surface area contributed by atoms with E-state index in [9.17, 15) is 14.3 Å². The SMILES string of the molecule is Nc1ccc(Oc2ccc(N(C(=O)O)N3CCOCC3)c(F)c2)cn1. The van der Waals surface area contributed by atoms with Gasteiger partial charge in [0.05, 0.1) is 19.4 Å². The number of hydrogen-bond acceptors (Lipinski definition) is 6. The van der Waals surface area contributed by atoms with Gasteiger partial charge in [-0.05, 0) is 24.3 Å². The summed E-state index contributed by atoms with van der Waals surface area (Å²) in [4.78, 5) is 15.5. The van der Waals surface area contributed by atoms with Crippen LogP contribution in [-0.2, 0) is 4.74 Å². The molecule has 3 N–H and O–H groups in total. The van der Waals surface area contributed by atoms with E-state index >= 15 is 0 Å². The molecule has 1 fully saturated rings. The minimum absolute atomic E-state index is 0.0721. The van der Waals surface area contributed by atoms with E-state index in [1.165, 1.54) is 23.3 Å². The number of pyridine rings is 1. The number of nitrogen functional groups attached to an aromatic ring is 1. The van der Waals surface area contributed by atoms with E-state index in [4.69, 9.17) is 15.2 Å². The fourth-order valence-electron chi connectivity index (χ4n) is 2.44. The number of hydrazine groups is 1. The van der Waals surface area contributed by atoms with E-state index in [1.807, 2.05) is 0 Å². The van der Waals surface area contributed by atoms with Crippen LogP contribution in [0.2, 0.25) is 0 Å². The van der Waals surface area contributed by atoms with Gasteiger partial charge in [0.25, 0.3) is 0 Å². The Morgan fingerprint density at radius 2 is 2.00 bits per heavy atom. The molecule has 1 aromatic heterocycles. The third-order valence-corrected chi connectivity index (χ3v) is 3.59. The van der Waals surface area contributed by atoms with E-state index in [1.54, 1.807) is 12.1 Å². The van der Waals surface area contributed by atoms with Gasteiger partial charge in [0, 0.05) is 19.2 Å². The highest BCUT2D eigenvalue weighted by molar-refractivity contribution is 5.85. The first-order chi connectivity index (χ1) is 12.0. The molecule has 0 spiro atoms. The number of morpholine rings is 1. The van der Waals surface area contributed by atoms with Gasteiger partial charge in [-0.1, -0.05) is 0 Å². The van der Waals surface area contributed by atoms with Crippen LogP contribution in [0.15, 0.2) is 36.5 Å². The summed E-state index contributed by atoms with van der Waals surface area (Å²) in [7, 11) is 0. The Bertz CT molecular complexity index is 750. The highest BCUT2D eigenvalue weighted by atomic mass is 19.1. The second kappa shape index (κ2) is 7.32. The number of nitrogens with zero attached hydrogens (tertiary/aromatic N) is 3. The molecule has 0 atom stereocenters. The van der Waals surface area contributed by atoms with E-state index in [0.29, 0.717) is 37.9 Å². The van der Waals surface area contributed by atoms with Crippen LogP contribution in [0.1, 0.15) is 0 Å². The third kappa shape index (κ3) is 3.95. The van der Waals surface area contributed by atoms with Crippen LogP contribution in [0, 0.1) is 5.82 Å². The van der Waals surface area contributed by atoms with Crippen LogP contribution in [0.4, 0.5) is 20.7 Å². The highest BCUT2D eigenvalue weighted by Crippen LogP contribution is 2.28. The lowest BCUT2D eigenvalue weighted by Crippen LogP contribution is -2.51. The van der Waals surface area contributed by atoms with Crippen LogP contribution in [0.3, 0.4) is 0 Å². The summed E-state index contributed by atoms with van der Waals surface area (Å²) in [5, 5.41) is 11.9. The minimum Gasteiger partial charge on any atom is -0.464 e. The quantitative estimate of drug-likeness (QED) is 0.874. The molecule has 1 saturated heterocycles. The van der Waals surface area contributed by atoms with E-state index < -0.39 is 11.9 Å². The number of anilines is 2. The average molecular weight is 348 g/mol. The Kier molecular flexibility index (Phi) is 4.96. The minimum atomic E-state index is -1.27. The molecule has 25 heavy (non-hydrogen) atoms. The Morgan fingerprint density at radius 1 is 1.28 bits per heavy atom. The number of halogens is 1. The molecule has 9 heteroatoms. The van der Waals surface area contributed by atoms with Gasteiger partial charge in [-0.25, -0.2) is 24.2 Å². The van der Waals surface area contributed by atoms with Crippen LogP contribution in [0.5, 0.6) is 11.5 Å². The van der Waals surface area contributed by atoms with Gasteiger partial charge in [0.1, 0.15) is 23.0 Å². The van der Waals surface area contributed by atoms with Crippen molar-refractivity contribution in [3.8, 4) is 11.5 Å². The normalized spacial score (nSPS) is 14.9. The number of carbonyl (C=O) groups is 1. The lowest BCUT2D eigenvalue weighted by atomic mass is 10.2. The van der Waals surface area contributed by atoms with Crippen molar-refractivity contribution >= 4 is 17.6 Å². The zero-order valence-corrected chi connectivity index (χ0v) is 13.3. The van der Waals surface area contributed by atoms with Crippen molar-refractivity contribution in [1.29, 1.82) is 0 Å². The van der Waals surface area contributed by atoms with Crippen molar-refractivity contribution in [1.82, 2.24) is 9.99 Å². The summed E-state index contributed by atoms with van der Waals surface area (Å²) in [5.74, 6) is 0.246. The zero-order chi connectivity index (χ0) is 17.8. The second-order valence-electron chi connectivity index (χ2n) is 5.29. The van der Waals surface area contributed by atoms with Crippen molar-refractivity contribution in [2.45, 2.75) is 0 Å². The monoisotopic (exact) mass is 348 g/mol. The Balaban J connectivity index is 1.82. The van der Waals surface area contributed by atoms with Gasteiger partial charge in [0.15, 0.2) is 5.82 Å². The van der Waals surface area contributed by atoms with Crippen LogP contribution in [0.25, 0.3) is 0 Å². The van der Waals surface area contributed by atoms with Crippen molar-refractivity contribution in [2.75, 3.05) is 37.0 Å². The van der Waals surface area contributed by atoms with Gasteiger partial charge in [0.2, 0.25) is 0 Å². The predicted octanol–water partition coefficient (Wildman–Crippen LogP) is 2.33. The molecule has 132 valence electrons. The molecule has 0 radical (unpaired) electrons. The number of rotatable bonds is 4. The van der Waals surface area contributed by atoms with Gasteiger partial charge >= 0.3 is 6.09 Å². The summed E-state index contributed by atoms with van der Waals surface area (Å²) < 4.78 is 25.2. The lowest BCUT2D eigenvalue weighted by molar-refractivity contribution is 0.0320. The number of nitrogens with two attached hydrogens (primary N) is 1. The molecule has 1 aliphatic rings.